The first-order valence-corrected chi connectivity index (χ1v) is 31.2. The number of hydrogen-bond donors (Lipinski definition) is 7. The Balaban J connectivity index is -0.0000000597. The number of esters is 2. The van der Waals surface area contributed by atoms with Gasteiger partial charge < -0.3 is 65.8 Å². The fourth-order valence-electron chi connectivity index (χ4n) is 4.35. The van der Waals surface area contributed by atoms with Gasteiger partial charge in [0.2, 0.25) is 29.5 Å². The second-order valence-corrected chi connectivity index (χ2v) is 23.2. The number of likely N-dealkylation sites (N-methyl/N-ethyl adjacent to an activating group) is 8. The summed E-state index contributed by atoms with van der Waals surface area (Å²) in [5.74, 6) is -0.276. The molecule has 90 heavy (non-hydrogen) atoms. The normalized spacial score (nSPS) is 10.2. The van der Waals surface area contributed by atoms with E-state index >= 15 is 0 Å². The standard InChI is InChI=1S/C9H19N3O2.C8H17N3O2.C7H14N2O3.C7H16.C6H15N.C5H7NO3.C3H9N.3C3H8.C3H6.4C2H7N/c1-10(2)8(13)6-12(5)7-9(14)11(3)4;1-10(2)7(12)5-9-6-8(13)11(3)4;1-8(2)6(10)4-9(3)5-7(11)12;1-6(2)5-7(3)4;1-5(2)7-6(3)4;1-6-2-4(7)9-5(8)3-6;1-4(2)3;8*1-3-2/h6-7H2,1-5H3;9H,5-6H2,1-4H3;4-5H2,1-3H3,(H,11,12);6-7H,5H2,1-4H3;5-7H,1-4H3;2-3H2,1H3;1-3H3;3*3H2,1-2H3;3H,1H2,2H3;4*3H,1-2H3. The number of nitrogens with zero attached hydrogens (tertiary/aromatic N) is 9. The molecule has 0 saturated carbocycles. The quantitative estimate of drug-likeness (QED) is 0.0610. The smallest absolute Gasteiger partial charge is 0.327 e. The maximum Gasteiger partial charge on any atom is 0.327 e. The zero-order valence-electron chi connectivity index (χ0n) is 66.2. The van der Waals surface area contributed by atoms with Gasteiger partial charge in [-0.15, -0.1) is 6.58 Å². The lowest BCUT2D eigenvalue weighted by atomic mass is 10.0. The van der Waals surface area contributed by atoms with Crippen molar-refractivity contribution in [1.29, 1.82) is 0 Å². The molecule has 25 heteroatoms. The van der Waals surface area contributed by atoms with Crippen molar-refractivity contribution in [3.8, 4) is 0 Å². The predicted octanol–water partition coefficient (Wildman–Crippen LogP) is 4.98. The summed E-state index contributed by atoms with van der Waals surface area (Å²) >= 11 is 0. The number of carboxylic acids is 1. The average molecular weight is 1310 g/mol. The van der Waals surface area contributed by atoms with Gasteiger partial charge >= 0.3 is 17.9 Å². The number of carbonyl (C=O) groups excluding carboxylic acids is 7. The van der Waals surface area contributed by atoms with E-state index < -0.39 is 17.9 Å². The molecule has 550 valence electrons. The van der Waals surface area contributed by atoms with Crippen molar-refractivity contribution < 1.29 is 48.2 Å². The number of cyclic esters (lactones) is 2. The minimum absolute atomic E-state index is 0.000874. The van der Waals surface area contributed by atoms with Crippen LogP contribution in [0.5, 0.6) is 0 Å². The third-order valence-corrected chi connectivity index (χ3v) is 7.30. The third-order valence-electron chi connectivity index (χ3n) is 7.30. The fourth-order valence-corrected chi connectivity index (χ4v) is 4.35. The molecule has 25 nitrogen and oxygen atoms in total. The van der Waals surface area contributed by atoms with E-state index in [0.717, 1.165) is 11.8 Å². The van der Waals surface area contributed by atoms with Gasteiger partial charge in [-0.05, 0) is 124 Å². The van der Waals surface area contributed by atoms with E-state index in [2.05, 4.69) is 140 Å². The van der Waals surface area contributed by atoms with Crippen molar-refractivity contribution in [2.75, 3.05) is 222 Å². The van der Waals surface area contributed by atoms with Crippen molar-refractivity contribution in [3.63, 3.8) is 0 Å². The van der Waals surface area contributed by atoms with Crippen LogP contribution in [0.25, 0.3) is 0 Å². The maximum absolute atomic E-state index is 11.3. The first-order valence-electron chi connectivity index (χ1n) is 31.2. The summed E-state index contributed by atoms with van der Waals surface area (Å²) in [4.78, 5) is 101. The minimum atomic E-state index is -0.927. The number of carboxylic acid groups (broad SMARTS) is 1. The van der Waals surface area contributed by atoms with Crippen molar-refractivity contribution in [1.82, 2.24) is 76.0 Å². The molecule has 7 N–H and O–H groups in total. The first-order chi connectivity index (χ1) is 41.2. The summed E-state index contributed by atoms with van der Waals surface area (Å²) in [5.41, 5.74) is 0. The van der Waals surface area contributed by atoms with Crippen LogP contribution in [-0.4, -0.2) is 330 Å². The Hall–Kier alpha value is -4.70. The number of morpholine rings is 1. The lowest BCUT2D eigenvalue weighted by Gasteiger charge is -2.20. The Morgan fingerprint density at radius 3 is 0.789 bits per heavy atom. The molecule has 0 radical (unpaired) electrons. The van der Waals surface area contributed by atoms with Gasteiger partial charge in [-0.1, -0.05) is 122 Å². The van der Waals surface area contributed by atoms with Gasteiger partial charge in [0, 0.05) is 82.6 Å². The predicted molar refractivity (Wildman–Crippen MR) is 389 cm³/mol. The fraction of sp³-hybridized carbons (Fsp3) is 0.846. The largest absolute Gasteiger partial charge is 0.480 e. The van der Waals surface area contributed by atoms with Crippen LogP contribution in [0.2, 0.25) is 0 Å². The van der Waals surface area contributed by atoms with E-state index in [0.29, 0.717) is 12.1 Å². The first kappa shape index (κ1) is 119. The SMILES string of the molecule is C=CC.CC(C)CC(C)C.CC(C)NC(C)C.CCC.CCC.CCC.CN(C)C.CN(C)C(=O)CNCC(=O)N(C)C.CN(CC(=O)N(C)C)CC(=O)N(C)C.CN(CC(=O)O)CC(=O)N(C)C.CN1CC(=O)OC(=O)C1.CNC.CNC.CNC.CNC. The number of rotatable bonds is 16. The Bertz CT molecular complexity index is 1420. The maximum atomic E-state index is 11.3. The molecule has 1 rings (SSSR count). The summed E-state index contributed by atoms with van der Waals surface area (Å²) in [5, 5.41) is 25.4. The number of ether oxygens (including phenoxy) is 1. The second-order valence-electron chi connectivity index (χ2n) is 23.2. The molecule has 1 aliphatic rings. The molecule has 0 aromatic carbocycles. The van der Waals surface area contributed by atoms with E-state index in [1.807, 2.05) is 89.3 Å². The van der Waals surface area contributed by atoms with Crippen molar-refractivity contribution in [3.05, 3.63) is 12.7 Å². The minimum Gasteiger partial charge on any atom is -0.480 e. The number of aliphatic carboxylic acids is 1. The molecular weight excluding hydrogens is 1150 g/mol. The zero-order valence-corrected chi connectivity index (χ0v) is 66.2. The van der Waals surface area contributed by atoms with E-state index in [1.165, 1.54) is 55.1 Å². The van der Waals surface area contributed by atoms with Crippen LogP contribution in [0.1, 0.15) is 130 Å². The number of carbonyl (C=O) groups is 8. The van der Waals surface area contributed by atoms with Gasteiger partial charge in [-0.25, -0.2) is 0 Å². The highest BCUT2D eigenvalue weighted by molar-refractivity contribution is 5.90. The molecule has 0 spiro atoms. The van der Waals surface area contributed by atoms with Gasteiger partial charge in [0.25, 0.3) is 0 Å². The van der Waals surface area contributed by atoms with E-state index in [-0.39, 0.29) is 81.9 Å². The van der Waals surface area contributed by atoms with E-state index in [9.17, 15) is 38.4 Å². The van der Waals surface area contributed by atoms with Crippen LogP contribution in [0.15, 0.2) is 12.7 Å². The number of allylic oxidation sites excluding steroid dienone is 1. The highest BCUT2D eigenvalue weighted by Gasteiger charge is 2.21. The van der Waals surface area contributed by atoms with Crippen LogP contribution in [0.4, 0.5) is 0 Å². The molecule has 0 aromatic rings. The second kappa shape index (κ2) is 95.4. The number of amides is 5. The molecule has 5 amide bonds. The average Bonchev–Trinajstić information content (AvgIpc) is 3.35. The summed E-state index contributed by atoms with van der Waals surface area (Å²) in [6.07, 6.45) is 6.86. The van der Waals surface area contributed by atoms with Gasteiger partial charge in [-0.3, -0.25) is 58.4 Å². The van der Waals surface area contributed by atoms with E-state index in [1.54, 1.807) is 107 Å². The Labute approximate surface area is 557 Å². The Kier molecular flexibility index (Phi) is 126. The van der Waals surface area contributed by atoms with Crippen molar-refractivity contribution >= 4 is 47.4 Å². The topological polar surface area (TPSA) is 267 Å². The van der Waals surface area contributed by atoms with Crippen molar-refractivity contribution in [2.24, 2.45) is 11.8 Å². The van der Waals surface area contributed by atoms with Gasteiger partial charge in [0.1, 0.15) is 0 Å². The van der Waals surface area contributed by atoms with Crippen LogP contribution < -0.4 is 31.9 Å². The molecule has 1 heterocycles. The molecule has 1 aliphatic heterocycles. The molecule has 1 fully saturated rings. The molecule has 1 saturated heterocycles. The summed E-state index contributed by atoms with van der Waals surface area (Å²) in [6, 6.07) is 1.25. The Morgan fingerprint density at radius 1 is 0.478 bits per heavy atom. The number of hydrogen-bond acceptors (Lipinski definition) is 19. The molecule has 0 unspecified atom stereocenters. The zero-order chi connectivity index (χ0) is 75.3. The van der Waals surface area contributed by atoms with Gasteiger partial charge in [-0.2, -0.15) is 0 Å². The van der Waals surface area contributed by atoms with Crippen LogP contribution in [0, 0.1) is 11.8 Å². The molecule has 0 aromatic heterocycles. The van der Waals surface area contributed by atoms with Crippen LogP contribution in [0.3, 0.4) is 0 Å². The van der Waals surface area contributed by atoms with Gasteiger partial charge in [0.15, 0.2) is 0 Å². The van der Waals surface area contributed by atoms with Crippen LogP contribution >= 0.6 is 0 Å². The Morgan fingerprint density at radius 2 is 0.667 bits per heavy atom. The molecule has 0 aliphatic carbocycles. The lowest BCUT2D eigenvalue weighted by Crippen LogP contribution is -2.40. The van der Waals surface area contributed by atoms with Crippen LogP contribution in [-0.2, 0) is 43.1 Å². The van der Waals surface area contributed by atoms with Gasteiger partial charge in [0.05, 0.1) is 52.4 Å². The van der Waals surface area contributed by atoms with Crippen molar-refractivity contribution in [2.45, 2.75) is 142 Å². The summed E-state index contributed by atoms with van der Waals surface area (Å²) in [7, 11) is 42.8. The molecular formula is C65H155N15O10. The monoisotopic (exact) mass is 1310 g/mol. The summed E-state index contributed by atoms with van der Waals surface area (Å²) in [6.45, 7) is 37.1. The highest BCUT2D eigenvalue weighted by Crippen LogP contribution is 2.08. The molecule has 0 bridgehead atoms. The summed E-state index contributed by atoms with van der Waals surface area (Å²) < 4.78 is 4.24. The highest BCUT2D eigenvalue weighted by atomic mass is 16.6. The third kappa shape index (κ3) is 172. The van der Waals surface area contributed by atoms with E-state index in [4.69, 9.17) is 5.11 Å². The molecule has 0 atom stereocenters. The number of nitrogens with one attached hydrogen (secondary N) is 6. The lowest BCUT2D eigenvalue weighted by molar-refractivity contribution is -0.166.